The minimum Gasteiger partial charge on any atom is -0.389 e. The molecule has 1 heterocycles. The molecule has 0 spiro atoms. The Labute approximate surface area is 126 Å². The summed E-state index contributed by atoms with van der Waals surface area (Å²) in [6, 6.07) is 11.9. The highest BCUT2D eigenvalue weighted by Crippen LogP contribution is 2.16. The van der Waals surface area contributed by atoms with E-state index in [1.54, 1.807) is 0 Å². The van der Waals surface area contributed by atoms with Crippen LogP contribution in [0.3, 0.4) is 0 Å². The van der Waals surface area contributed by atoms with Crippen molar-refractivity contribution in [2.24, 2.45) is 5.73 Å². The van der Waals surface area contributed by atoms with Crippen molar-refractivity contribution < 1.29 is 0 Å². The Morgan fingerprint density at radius 2 is 1.95 bits per heavy atom. The zero-order valence-corrected chi connectivity index (χ0v) is 12.9. The van der Waals surface area contributed by atoms with Crippen LogP contribution in [0.25, 0.3) is 0 Å². The van der Waals surface area contributed by atoms with Crippen molar-refractivity contribution in [2.75, 3.05) is 5.32 Å². The number of nitrogens with zero attached hydrogens (tertiary/aromatic N) is 1. The fourth-order valence-electron chi connectivity index (χ4n) is 1.68. The molecule has 3 nitrogen and oxygen atoms in total. The molecule has 2 aromatic rings. The molecule has 0 saturated heterocycles. The molecule has 0 amide bonds. The first-order valence-corrected chi connectivity index (χ1v) is 7.02. The number of hydrogen-bond acceptors (Lipinski definition) is 3. The second kappa shape index (κ2) is 6.12. The maximum atomic E-state index is 5.70. The molecule has 1 aromatic carbocycles. The quantitative estimate of drug-likeness (QED) is 0.841. The number of nitrogens with two attached hydrogens (primary N) is 1. The number of nitrogens with one attached hydrogen (secondary N) is 1. The van der Waals surface area contributed by atoms with E-state index in [4.69, 9.17) is 18.0 Å². The third kappa shape index (κ3) is 3.75. The van der Waals surface area contributed by atoms with E-state index in [0.717, 1.165) is 21.5 Å². The van der Waals surface area contributed by atoms with Gasteiger partial charge in [0.25, 0.3) is 0 Å². The second-order valence-electron chi connectivity index (χ2n) is 4.19. The van der Waals surface area contributed by atoms with E-state index in [2.05, 4.69) is 26.2 Å². The first-order valence-electron chi connectivity index (χ1n) is 5.82. The average molecular weight is 336 g/mol. The fourth-order valence-corrected chi connectivity index (χ4v) is 2.11. The highest BCUT2D eigenvalue weighted by Gasteiger charge is 2.06. The minimum atomic E-state index is 0.353. The Hall–Kier alpha value is -1.46. The number of aryl methyl sites for hydroxylation is 1. The van der Waals surface area contributed by atoms with Gasteiger partial charge in [-0.2, -0.15) is 0 Å². The summed E-state index contributed by atoms with van der Waals surface area (Å²) in [5.74, 6) is 0.732. The Morgan fingerprint density at radius 3 is 2.58 bits per heavy atom. The fraction of sp³-hybridized carbons (Fsp3) is 0.143. The summed E-state index contributed by atoms with van der Waals surface area (Å²) >= 11 is 8.45. The van der Waals surface area contributed by atoms with E-state index in [9.17, 15) is 0 Å². The molecule has 2 rings (SSSR count). The smallest absolute Gasteiger partial charge is 0.136 e. The predicted molar refractivity (Wildman–Crippen MR) is 86.3 cm³/mol. The normalized spacial score (nSPS) is 10.2. The van der Waals surface area contributed by atoms with Crippen LogP contribution in [0, 0.1) is 6.92 Å². The highest BCUT2D eigenvalue weighted by molar-refractivity contribution is 9.10. The van der Waals surface area contributed by atoms with Gasteiger partial charge in [0.1, 0.15) is 10.8 Å². The van der Waals surface area contributed by atoms with Gasteiger partial charge in [-0.15, -0.1) is 0 Å². The van der Waals surface area contributed by atoms with Crippen LogP contribution in [-0.4, -0.2) is 9.97 Å². The van der Waals surface area contributed by atoms with Gasteiger partial charge in [-0.05, 0) is 36.8 Å². The molecule has 98 valence electrons. The van der Waals surface area contributed by atoms with Gasteiger partial charge >= 0.3 is 0 Å². The second-order valence-corrected chi connectivity index (χ2v) is 5.55. The number of aromatic nitrogens is 1. The van der Waals surface area contributed by atoms with Crippen LogP contribution < -0.4 is 11.1 Å². The third-order valence-corrected chi connectivity index (χ3v) is 3.42. The van der Waals surface area contributed by atoms with E-state index in [0.29, 0.717) is 11.5 Å². The van der Waals surface area contributed by atoms with Crippen molar-refractivity contribution in [1.82, 2.24) is 4.98 Å². The van der Waals surface area contributed by atoms with E-state index in [1.165, 1.54) is 5.56 Å². The molecule has 0 bridgehead atoms. The van der Waals surface area contributed by atoms with Gasteiger partial charge in [0, 0.05) is 16.7 Å². The predicted octanol–water partition coefficient (Wildman–Crippen LogP) is 3.40. The van der Waals surface area contributed by atoms with E-state index < -0.39 is 0 Å². The van der Waals surface area contributed by atoms with Crippen molar-refractivity contribution in [3.05, 3.63) is 57.7 Å². The van der Waals surface area contributed by atoms with Crippen molar-refractivity contribution in [3.63, 3.8) is 0 Å². The lowest BCUT2D eigenvalue weighted by atomic mass is 10.2. The molecule has 5 heteroatoms. The maximum absolute atomic E-state index is 5.70. The molecule has 0 aliphatic rings. The maximum Gasteiger partial charge on any atom is 0.136 e. The molecule has 0 saturated carbocycles. The molecule has 0 radical (unpaired) electrons. The first kappa shape index (κ1) is 14.0. The van der Waals surface area contributed by atoms with Crippen LogP contribution in [0.15, 0.2) is 40.9 Å². The number of halogens is 1. The summed E-state index contributed by atoms with van der Waals surface area (Å²) in [7, 11) is 0. The topological polar surface area (TPSA) is 50.9 Å². The van der Waals surface area contributed by atoms with E-state index >= 15 is 0 Å². The van der Waals surface area contributed by atoms with Gasteiger partial charge in [-0.25, -0.2) is 4.98 Å². The molecular weight excluding hydrogens is 322 g/mol. The van der Waals surface area contributed by atoms with Crippen LogP contribution in [0.1, 0.15) is 16.8 Å². The SMILES string of the molecule is Cc1ccc(C(N)=S)c(NCc2ccc(Br)cc2)n1. The third-order valence-electron chi connectivity index (χ3n) is 2.67. The molecule has 0 aliphatic carbocycles. The van der Waals surface area contributed by atoms with Crippen molar-refractivity contribution in [1.29, 1.82) is 0 Å². The molecule has 0 unspecified atom stereocenters. The standard InChI is InChI=1S/C14H14BrN3S/c1-9-2-7-12(13(16)19)14(18-9)17-8-10-3-5-11(15)6-4-10/h2-7H,8H2,1H3,(H2,16,19)(H,17,18). The number of rotatable bonds is 4. The zero-order valence-electron chi connectivity index (χ0n) is 10.5. The zero-order chi connectivity index (χ0) is 13.8. The number of anilines is 1. The lowest BCUT2D eigenvalue weighted by Crippen LogP contribution is -2.14. The molecule has 0 fully saturated rings. The molecular formula is C14H14BrN3S. The largest absolute Gasteiger partial charge is 0.389 e. The van der Waals surface area contributed by atoms with Crippen molar-refractivity contribution >= 4 is 39.0 Å². The monoisotopic (exact) mass is 335 g/mol. The highest BCUT2D eigenvalue weighted by atomic mass is 79.9. The summed E-state index contributed by atoms with van der Waals surface area (Å²) in [5.41, 5.74) is 8.57. The molecule has 1 aromatic heterocycles. The van der Waals surface area contributed by atoms with Crippen LogP contribution in [0.5, 0.6) is 0 Å². The summed E-state index contributed by atoms with van der Waals surface area (Å²) in [6.07, 6.45) is 0. The molecule has 0 aliphatic heterocycles. The van der Waals surface area contributed by atoms with Gasteiger partial charge in [0.2, 0.25) is 0 Å². The van der Waals surface area contributed by atoms with Crippen molar-refractivity contribution in [2.45, 2.75) is 13.5 Å². The summed E-state index contributed by atoms with van der Waals surface area (Å²) in [4.78, 5) is 4.79. The summed E-state index contributed by atoms with van der Waals surface area (Å²) in [5, 5.41) is 3.28. The number of hydrogen-bond donors (Lipinski definition) is 2. The summed E-state index contributed by atoms with van der Waals surface area (Å²) < 4.78 is 1.06. The number of benzene rings is 1. The summed E-state index contributed by atoms with van der Waals surface area (Å²) in [6.45, 7) is 2.62. The van der Waals surface area contributed by atoms with Gasteiger partial charge < -0.3 is 11.1 Å². The van der Waals surface area contributed by atoms with Crippen molar-refractivity contribution in [3.8, 4) is 0 Å². The van der Waals surface area contributed by atoms with Gasteiger partial charge in [0.05, 0.1) is 5.56 Å². The Bertz CT molecular complexity index is 596. The molecule has 3 N–H and O–H groups in total. The van der Waals surface area contributed by atoms with E-state index in [1.807, 2.05) is 43.3 Å². The Kier molecular flexibility index (Phi) is 4.50. The first-order chi connectivity index (χ1) is 9.06. The molecule has 19 heavy (non-hydrogen) atoms. The lowest BCUT2D eigenvalue weighted by molar-refractivity contribution is 1.08. The van der Waals surface area contributed by atoms with E-state index in [-0.39, 0.29) is 0 Å². The molecule has 0 atom stereocenters. The van der Waals surface area contributed by atoms with Crippen LogP contribution in [0.4, 0.5) is 5.82 Å². The lowest BCUT2D eigenvalue weighted by Gasteiger charge is -2.11. The van der Waals surface area contributed by atoms with Crippen LogP contribution >= 0.6 is 28.1 Å². The van der Waals surface area contributed by atoms with Gasteiger partial charge in [-0.1, -0.05) is 40.3 Å². The van der Waals surface area contributed by atoms with Crippen LogP contribution in [0.2, 0.25) is 0 Å². The Morgan fingerprint density at radius 1 is 1.26 bits per heavy atom. The minimum absolute atomic E-state index is 0.353. The number of pyridine rings is 1. The van der Waals surface area contributed by atoms with Gasteiger partial charge in [-0.3, -0.25) is 0 Å². The van der Waals surface area contributed by atoms with Crippen LogP contribution in [-0.2, 0) is 6.54 Å². The van der Waals surface area contributed by atoms with Gasteiger partial charge in [0.15, 0.2) is 0 Å². The average Bonchev–Trinajstić information content (AvgIpc) is 2.38. The number of thiocarbonyl (C=S) groups is 1. The Balaban J connectivity index is 2.16.